The minimum absolute atomic E-state index is 0.139. The zero-order chi connectivity index (χ0) is 19.6. The third kappa shape index (κ3) is 6.74. The summed E-state index contributed by atoms with van der Waals surface area (Å²) in [7, 11) is 0. The molecule has 0 spiro atoms. The van der Waals surface area contributed by atoms with Crippen molar-refractivity contribution in [3.8, 4) is 0 Å². The van der Waals surface area contributed by atoms with Crippen molar-refractivity contribution in [2.75, 3.05) is 13.1 Å². The minimum Gasteiger partial charge on any atom is -0.463 e. The quantitative estimate of drug-likeness (QED) is 0.576. The number of carbonyl (C=O) groups excluding carboxylic acids is 2. The maximum Gasteiger partial charge on any atom is 0.321 e. The zero-order valence-corrected chi connectivity index (χ0v) is 16.0. The summed E-state index contributed by atoms with van der Waals surface area (Å²) < 4.78 is 10.8. The van der Waals surface area contributed by atoms with Crippen LogP contribution in [-0.4, -0.2) is 25.0 Å². The summed E-state index contributed by atoms with van der Waals surface area (Å²) in [5.74, 6) is 1.22. The van der Waals surface area contributed by atoms with Gasteiger partial charge in [-0.15, -0.1) is 0 Å². The van der Waals surface area contributed by atoms with E-state index in [1.54, 1.807) is 12.5 Å². The average molecular weight is 386 g/mol. The monoisotopic (exact) mass is 386 g/mol. The lowest BCUT2D eigenvalue weighted by Crippen LogP contribution is -3.10. The molecule has 28 heavy (non-hydrogen) atoms. The lowest BCUT2D eigenvalue weighted by atomic mass is 9.97. The summed E-state index contributed by atoms with van der Waals surface area (Å²) in [6.45, 7) is 1.73. The second-order valence-electron chi connectivity index (χ2n) is 7.10. The van der Waals surface area contributed by atoms with Gasteiger partial charge < -0.3 is 19.1 Å². The van der Waals surface area contributed by atoms with E-state index in [4.69, 9.17) is 8.83 Å². The number of carbonyl (C=O) groups is 2. The van der Waals surface area contributed by atoms with E-state index in [0.717, 1.165) is 35.7 Å². The first-order chi connectivity index (χ1) is 13.7. The zero-order valence-electron chi connectivity index (χ0n) is 16.0. The van der Waals surface area contributed by atoms with Crippen LogP contribution in [0.3, 0.4) is 0 Å². The van der Waals surface area contributed by atoms with Gasteiger partial charge in [0.25, 0.3) is 5.91 Å². The molecular formula is C21H28N3O4+. The number of urea groups is 1. The number of imide groups is 1. The maximum atomic E-state index is 12.3. The predicted molar refractivity (Wildman–Crippen MR) is 103 cm³/mol. The number of hydrogen-bond donors (Lipinski definition) is 3. The van der Waals surface area contributed by atoms with Crippen LogP contribution in [0.25, 0.3) is 0 Å². The Bertz CT molecular complexity index is 729. The number of amides is 3. The average Bonchev–Trinajstić information content (AvgIpc) is 3.36. The molecule has 0 bridgehead atoms. The summed E-state index contributed by atoms with van der Waals surface area (Å²) in [5.41, 5.74) is 1.39. The van der Waals surface area contributed by atoms with E-state index in [1.807, 2.05) is 24.3 Å². The van der Waals surface area contributed by atoms with Gasteiger partial charge in [0.2, 0.25) is 0 Å². The SMILES string of the molecule is O=C(C[NH+](Cc1ccco1)Cc1ccco1)NC(=O)NCCC1=CCCCC1. The molecule has 0 saturated heterocycles. The molecule has 150 valence electrons. The summed E-state index contributed by atoms with van der Waals surface area (Å²) in [6, 6.07) is 6.92. The van der Waals surface area contributed by atoms with Gasteiger partial charge in [-0.05, 0) is 56.4 Å². The largest absolute Gasteiger partial charge is 0.463 e. The van der Waals surface area contributed by atoms with Gasteiger partial charge in [0.1, 0.15) is 13.1 Å². The highest BCUT2D eigenvalue weighted by Gasteiger charge is 2.19. The number of furan rings is 2. The van der Waals surface area contributed by atoms with Crippen molar-refractivity contribution in [1.82, 2.24) is 10.6 Å². The molecule has 1 aliphatic rings. The number of quaternary nitrogens is 1. The standard InChI is InChI=1S/C21H27N3O4/c25-20(23-21(26)22-11-10-17-6-2-1-3-7-17)16-24(14-18-8-4-12-27-18)15-19-9-5-13-28-19/h4-6,8-9,12-13H,1-3,7,10-11,14-16H2,(H2,22,23,25,26)/p+1. The molecular weight excluding hydrogens is 358 g/mol. The van der Waals surface area contributed by atoms with Crippen LogP contribution < -0.4 is 15.5 Å². The smallest absolute Gasteiger partial charge is 0.321 e. The third-order valence-electron chi connectivity index (χ3n) is 4.79. The first-order valence-electron chi connectivity index (χ1n) is 9.83. The molecule has 0 fully saturated rings. The Morgan fingerprint density at radius 1 is 1.04 bits per heavy atom. The Labute approximate surface area is 164 Å². The van der Waals surface area contributed by atoms with E-state index in [-0.39, 0.29) is 12.5 Å². The van der Waals surface area contributed by atoms with Crippen LogP contribution in [0.5, 0.6) is 0 Å². The van der Waals surface area contributed by atoms with Crippen molar-refractivity contribution in [2.24, 2.45) is 0 Å². The van der Waals surface area contributed by atoms with E-state index in [1.165, 1.54) is 18.4 Å². The minimum atomic E-state index is -0.447. The van der Waals surface area contributed by atoms with E-state index >= 15 is 0 Å². The molecule has 3 N–H and O–H groups in total. The Hall–Kier alpha value is -2.80. The molecule has 0 unspecified atom stereocenters. The lowest BCUT2D eigenvalue weighted by molar-refractivity contribution is -0.921. The molecule has 7 heteroatoms. The van der Waals surface area contributed by atoms with Crippen molar-refractivity contribution in [3.05, 3.63) is 60.0 Å². The first-order valence-corrected chi connectivity index (χ1v) is 9.83. The Kier molecular flexibility index (Phi) is 7.49. The van der Waals surface area contributed by atoms with E-state index in [0.29, 0.717) is 19.6 Å². The van der Waals surface area contributed by atoms with Crippen LogP contribution in [0.4, 0.5) is 4.79 Å². The van der Waals surface area contributed by atoms with Crippen molar-refractivity contribution < 1.29 is 23.3 Å². The summed E-state index contributed by atoms with van der Waals surface area (Å²) in [6.07, 6.45) is 11.0. The fourth-order valence-electron chi connectivity index (χ4n) is 3.42. The fourth-order valence-corrected chi connectivity index (χ4v) is 3.42. The lowest BCUT2D eigenvalue weighted by Gasteiger charge is -2.17. The molecule has 2 aromatic rings. The van der Waals surface area contributed by atoms with Crippen molar-refractivity contribution in [3.63, 3.8) is 0 Å². The molecule has 0 aliphatic heterocycles. The summed E-state index contributed by atoms with van der Waals surface area (Å²) >= 11 is 0. The molecule has 0 saturated carbocycles. The molecule has 0 radical (unpaired) electrons. The highest BCUT2D eigenvalue weighted by atomic mass is 16.3. The van der Waals surface area contributed by atoms with Crippen LogP contribution >= 0.6 is 0 Å². The number of allylic oxidation sites excluding steroid dienone is 1. The molecule has 3 rings (SSSR count). The van der Waals surface area contributed by atoms with Crippen LogP contribution in [0.2, 0.25) is 0 Å². The Balaban J connectivity index is 1.44. The molecule has 2 heterocycles. The van der Waals surface area contributed by atoms with Gasteiger partial charge in [0.15, 0.2) is 18.1 Å². The number of nitrogens with one attached hydrogen (secondary N) is 3. The summed E-state index contributed by atoms with van der Waals surface area (Å²) in [4.78, 5) is 25.2. The summed E-state index contributed by atoms with van der Waals surface area (Å²) in [5, 5.41) is 5.18. The van der Waals surface area contributed by atoms with Gasteiger partial charge in [-0.2, -0.15) is 0 Å². The van der Waals surface area contributed by atoms with Crippen molar-refractivity contribution >= 4 is 11.9 Å². The maximum absolute atomic E-state index is 12.3. The molecule has 7 nitrogen and oxygen atoms in total. The topological polar surface area (TPSA) is 88.9 Å². The second-order valence-corrected chi connectivity index (χ2v) is 7.10. The Morgan fingerprint density at radius 2 is 1.75 bits per heavy atom. The predicted octanol–water partition coefficient (Wildman–Crippen LogP) is 2.17. The van der Waals surface area contributed by atoms with E-state index < -0.39 is 6.03 Å². The molecule has 1 aliphatic carbocycles. The van der Waals surface area contributed by atoms with Gasteiger partial charge >= 0.3 is 6.03 Å². The Morgan fingerprint density at radius 3 is 2.32 bits per heavy atom. The number of hydrogen-bond acceptors (Lipinski definition) is 4. The van der Waals surface area contributed by atoms with Crippen LogP contribution in [0.1, 0.15) is 43.6 Å². The van der Waals surface area contributed by atoms with Gasteiger partial charge in [-0.1, -0.05) is 11.6 Å². The van der Waals surface area contributed by atoms with Crippen molar-refractivity contribution in [1.29, 1.82) is 0 Å². The third-order valence-corrected chi connectivity index (χ3v) is 4.79. The van der Waals surface area contributed by atoms with Gasteiger partial charge in [-0.3, -0.25) is 10.1 Å². The van der Waals surface area contributed by atoms with Crippen molar-refractivity contribution in [2.45, 2.75) is 45.2 Å². The van der Waals surface area contributed by atoms with E-state index in [9.17, 15) is 9.59 Å². The second kappa shape index (κ2) is 10.5. The highest BCUT2D eigenvalue weighted by molar-refractivity contribution is 5.94. The highest BCUT2D eigenvalue weighted by Crippen LogP contribution is 2.19. The number of rotatable bonds is 9. The molecule has 3 amide bonds. The molecule has 2 aromatic heterocycles. The van der Waals surface area contributed by atoms with Crippen LogP contribution in [0, 0.1) is 0 Å². The molecule has 0 atom stereocenters. The molecule has 0 aromatic carbocycles. The first kappa shape index (κ1) is 19.9. The fraction of sp³-hybridized carbons (Fsp3) is 0.429. The van der Waals surface area contributed by atoms with E-state index in [2.05, 4.69) is 16.7 Å². The van der Waals surface area contributed by atoms with Crippen LogP contribution in [0.15, 0.2) is 57.3 Å². The van der Waals surface area contributed by atoms with Gasteiger partial charge in [-0.25, -0.2) is 4.79 Å². The van der Waals surface area contributed by atoms with Crippen LogP contribution in [-0.2, 0) is 17.9 Å². The normalized spacial score (nSPS) is 14.0. The van der Waals surface area contributed by atoms with Gasteiger partial charge in [0, 0.05) is 6.54 Å². The van der Waals surface area contributed by atoms with Gasteiger partial charge in [0.05, 0.1) is 12.5 Å².